The fraction of sp³-hybridized carbons (Fsp3) is 0.375. The van der Waals surface area contributed by atoms with E-state index in [4.69, 9.17) is 9.47 Å². The van der Waals surface area contributed by atoms with Crippen molar-refractivity contribution in [2.24, 2.45) is 0 Å². The van der Waals surface area contributed by atoms with Crippen molar-refractivity contribution >= 4 is 11.9 Å². The van der Waals surface area contributed by atoms with Gasteiger partial charge in [-0.25, -0.2) is 9.18 Å². The van der Waals surface area contributed by atoms with E-state index >= 15 is 0 Å². The Morgan fingerprint density at radius 3 is 2.13 bits per heavy atom. The fourth-order valence-electron chi connectivity index (χ4n) is 5.49. The van der Waals surface area contributed by atoms with Gasteiger partial charge < -0.3 is 19.5 Å². The van der Waals surface area contributed by atoms with Crippen molar-refractivity contribution < 1.29 is 28.6 Å². The number of nitrogens with zero attached hydrogens (tertiary/aromatic N) is 1. The van der Waals surface area contributed by atoms with Crippen LogP contribution in [0.25, 0.3) is 11.1 Å². The normalized spacial score (nSPS) is 14.4. The summed E-state index contributed by atoms with van der Waals surface area (Å²) in [6.45, 7) is 10.4. The van der Waals surface area contributed by atoms with E-state index in [1.54, 1.807) is 18.1 Å². The topological polar surface area (TPSA) is 76.1 Å². The third-order valence-electron chi connectivity index (χ3n) is 7.28. The van der Waals surface area contributed by atoms with E-state index in [1.165, 1.54) is 18.2 Å². The highest BCUT2D eigenvalue weighted by Gasteiger charge is 2.34. The van der Waals surface area contributed by atoms with Crippen LogP contribution in [0.15, 0.2) is 48.5 Å². The van der Waals surface area contributed by atoms with E-state index in [0.717, 1.165) is 33.4 Å². The average molecular weight is 534 g/mol. The first-order chi connectivity index (χ1) is 18.4. The van der Waals surface area contributed by atoms with Crippen LogP contribution < -0.4 is 4.74 Å². The lowest BCUT2D eigenvalue weighted by atomic mass is 9.81. The van der Waals surface area contributed by atoms with Gasteiger partial charge >= 0.3 is 5.97 Å². The van der Waals surface area contributed by atoms with Gasteiger partial charge in [-0.15, -0.1) is 0 Å². The maximum Gasteiger partial charge on any atom is 0.337 e. The first-order valence-corrected chi connectivity index (χ1v) is 13.2. The monoisotopic (exact) mass is 533 g/mol. The molecular weight excluding hydrogens is 497 g/mol. The molecule has 0 saturated heterocycles. The van der Waals surface area contributed by atoms with Gasteiger partial charge in [-0.3, -0.25) is 4.79 Å². The minimum absolute atomic E-state index is 0.215. The van der Waals surface area contributed by atoms with Gasteiger partial charge in [0.1, 0.15) is 11.6 Å². The number of carbonyl (C=O) groups excluding carboxylic acids is 1. The van der Waals surface area contributed by atoms with Crippen LogP contribution in [0.2, 0.25) is 0 Å². The molecule has 1 amide bonds. The predicted molar refractivity (Wildman–Crippen MR) is 149 cm³/mol. The van der Waals surface area contributed by atoms with Crippen LogP contribution in [0.3, 0.4) is 0 Å². The average Bonchev–Trinajstić information content (AvgIpc) is 3.12. The minimum Gasteiger partial charge on any atom is -0.497 e. The van der Waals surface area contributed by atoms with Gasteiger partial charge in [-0.1, -0.05) is 18.2 Å². The highest BCUT2D eigenvalue weighted by Crippen LogP contribution is 2.42. The number of carboxylic acid groups (broad SMARTS) is 1. The molecule has 7 heteroatoms. The molecule has 0 spiro atoms. The summed E-state index contributed by atoms with van der Waals surface area (Å²) in [5, 5.41) is 10.4. The number of aliphatic carboxylic acids is 1. The molecule has 3 aromatic carbocycles. The molecule has 6 nitrogen and oxygen atoms in total. The second kappa shape index (κ2) is 11.2. The first-order valence-electron chi connectivity index (χ1n) is 13.2. The number of fused-ring (bicyclic) bond motifs is 1. The lowest BCUT2D eigenvalue weighted by Crippen LogP contribution is -2.33. The molecule has 0 bridgehead atoms. The zero-order valence-electron chi connectivity index (χ0n) is 23.4. The van der Waals surface area contributed by atoms with Crippen LogP contribution in [0.5, 0.6) is 5.75 Å². The molecule has 0 saturated carbocycles. The second-order valence-electron chi connectivity index (χ2n) is 11.0. The fourth-order valence-corrected chi connectivity index (χ4v) is 5.49. The molecule has 1 N–H and O–H groups in total. The van der Waals surface area contributed by atoms with Crippen molar-refractivity contribution in [3.8, 4) is 16.9 Å². The Morgan fingerprint density at radius 1 is 0.974 bits per heavy atom. The van der Waals surface area contributed by atoms with E-state index in [0.29, 0.717) is 42.8 Å². The van der Waals surface area contributed by atoms with Crippen molar-refractivity contribution in [2.75, 3.05) is 20.2 Å². The van der Waals surface area contributed by atoms with Crippen LogP contribution in [-0.4, -0.2) is 47.7 Å². The van der Waals surface area contributed by atoms with Gasteiger partial charge in [0.2, 0.25) is 0 Å². The molecule has 0 aromatic heterocycles. The highest BCUT2D eigenvalue weighted by atomic mass is 19.1. The number of hydrogen-bond acceptors (Lipinski definition) is 4. The number of methoxy groups -OCH3 is 1. The lowest BCUT2D eigenvalue weighted by Gasteiger charge is -2.30. The molecule has 0 aliphatic carbocycles. The molecule has 1 unspecified atom stereocenters. The standard InChI is InChI=1S/C32H36FNO5/c1-19-25-14-16-34(30(35)22-8-7-9-23(33)18-22)17-15-26(25)20(2)28(29(31(36)37)39-32(3,4)5)27(19)21-10-12-24(38-6)13-11-21/h7-13,18,29H,14-17H2,1-6H3,(H,36,37). The predicted octanol–water partition coefficient (Wildman–Crippen LogP) is 6.30. The Kier molecular flexibility index (Phi) is 8.12. The molecule has 1 aliphatic rings. The van der Waals surface area contributed by atoms with Crippen LogP contribution >= 0.6 is 0 Å². The molecule has 39 heavy (non-hydrogen) atoms. The van der Waals surface area contributed by atoms with Crippen molar-refractivity contribution in [2.45, 2.75) is 59.2 Å². The summed E-state index contributed by atoms with van der Waals surface area (Å²) in [5.41, 5.74) is 5.93. The second-order valence-corrected chi connectivity index (χ2v) is 11.0. The summed E-state index contributed by atoms with van der Waals surface area (Å²) in [5.74, 6) is -1.01. The quantitative estimate of drug-likeness (QED) is 0.402. The summed E-state index contributed by atoms with van der Waals surface area (Å²) in [7, 11) is 1.60. The maximum absolute atomic E-state index is 13.8. The third kappa shape index (κ3) is 5.98. The van der Waals surface area contributed by atoms with Gasteiger partial charge in [0.25, 0.3) is 5.91 Å². The molecule has 4 rings (SSSR count). The Morgan fingerprint density at radius 2 is 1.59 bits per heavy atom. The van der Waals surface area contributed by atoms with Gasteiger partial charge in [0.15, 0.2) is 6.10 Å². The molecule has 0 radical (unpaired) electrons. The summed E-state index contributed by atoms with van der Waals surface area (Å²) in [6, 6.07) is 13.3. The third-order valence-corrected chi connectivity index (χ3v) is 7.28. The van der Waals surface area contributed by atoms with Gasteiger partial charge in [-0.05, 0) is 111 Å². The number of amides is 1. The summed E-state index contributed by atoms with van der Waals surface area (Å²) in [4.78, 5) is 27.7. The van der Waals surface area contributed by atoms with Gasteiger partial charge in [-0.2, -0.15) is 0 Å². The van der Waals surface area contributed by atoms with Crippen LogP contribution in [0, 0.1) is 19.7 Å². The highest BCUT2D eigenvalue weighted by molar-refractivity contribution is 5.94. The van der Waals surface area contributed by atoms with E-state index in [9.17, 15) is 19.1 Å². The molecule has 0 fully saturated rings. The number of benzene rings is 3. The Labute approximate surface area is 229 Å². The summed E-state index contributed by atoms with van der Waals surface area (Å²) < 4.78 is 25.3. The molecule has 1 atom stereocenters. The zero-order chi connectivity index (χ0) is 28.5. The van der Waals surface area contributed by atoms with Crippen LogP contribution in [-0.2, 0) is 22.4 Å². The SMILES string of the molecule is COc1ccc(-c2c(C)c3c(c(C)c2C(OC(C)(C)C)C(=O)O)CCN(C(=O)c2cccc(F)c2)CC3)cc1. The van der Waals surface area contributed by atoms with E-state index in [2.05, 4.69) is 0 Å². The lowest BCUT2D eigenvalue weighted by molar-refractivity contribution is -0.160. The smallest absolute Gasteiger partial charge is 0.337 e. The van der Waals surface area contributed by atoms with Gasteiger partial charge in [0.05, 0.1) is 12.7 Å². The molecule has 206 valence electrons. The number of hydrogen-bond donors (Lipinski definition) is 1. The minimum atomic E-state index is -1.18. The van der Waals surface area contributed by atoms with Crippen molar-refractivity contribution in [3.63, 3.8) is 0 Å². The van der Waals surface area contributed by atoms with Crippen LogP contribution in [0.1, 0.15) is 65.1 Å². The van der Waals surface area contributed by atoms with Crippen molar-refractivity contribution in [3.05, 3.63) is 87.7 Å². The number of ether oxygens (including phenoxy) is 2. The Hall–Kier alpha value is -3.71. The van der Waals surface area contributed by atoms with Gasteiger partial charge in [0, 0.05) is 24.2 Å². The number of carboxylic acids is 1. The molecule has 3 aromatic rings. The Bertz CT molecular complexity index is 1390. The Balaban J connectivity index is 1.85. The molecular formula is C32H36FNO5. The summed E-state index contributed by atoms with van der Waals surface area (Å²) in [6.07, 6.45) is -0.0232. The molecule has 1 aliphatic heterocycles. The largest absolute Gasteiger partial charge is 0.497 e. The number of halogens is 1. The van der Waals surface area contributed by atoms with Crippen LogP contribution in [0.4, 0.5) is 4.39 Å². The molecule has 1 heterocycles. The summed E-state index contributed by atoms with van der Waals surface area (Å²) >= 11 is 0. The first kappa shape index (κ1) is 28.3. The van der Waals surface area contributed by atoms with Crippen molar-refractivity contribution in [1.29, 1.82) is 0 Å². The van der Waals surface area contributed by atoms with E-state index in [1.807, 2.05) is 58.9 Å². The van der Waals surface area contributed by atoms with E-state index in [-0.39, 0.29) is 5.91 Å². The number of rotatable bonds is 6. The van der Waals surface area contributed by atoms with Crippen molar-refractivity contribution in [1.82, 2.24) is 4.90 Å². The zero-order valence-corrected chi connectivity index (χ0v) is 23.4. The number of carbonyl (C=O) groups is 2. The van der Waals surface area contributed by atoms with E-state index < -0.39 is 23.5 Å². The maximum atomic E-state index is 13.8.